The summed E-state index contributed by atoms with van der Waals surface area (Å²) in [5, 5.41) is 5.93. The SMILES string of the molecule is O=C(CCCc1nc(-c2cccs2)no1)N1CCCc2cc[nH]c(=O)c21. The van der Waals surface area contributed by atoms with Crippen LogP contribution in [0.25, 0.3) is 10.7 Å². The highest BCUT2D eigenvalue weighted by Crippen LogP contribution is 2.24. The molecule has 0 unspecified atom stereocenters. The van der Waals surface area contributed by atoms with E-state index in [2.05, 4.69) is 15.1 Å². The predicted molar refractivity (Wildman–Crippen MR) is 98.3 cm³/mol. The Morgan fingerprint density at radius 1 is 1.38 bits per heavy atom. The van der Waals surface area contributed by atoms with Gasteiger partial charge in [0.25, 0.3) is 5.56 Å². The lowest BCUT2D eigenvalue weighted by atomic mass is 10.0. The summed E-state index contributed by atoms with van der Waals surface area (Å²) in [6.07, 6.45) is 4.81. The molecule has 8 heteroatoms. The second-order valence-electron chi connectivity index (χ2n) is 6.17. The van der Waals surface area contributed by atoms with Crippen LogP contribution in [-0.4, -0.2) is 27.6 Å². The van der Waals surface area contributed by atoms with Gasteiger partial charge >= 0.3 is 0 Å². The zero-order valence-electron chi connectivity index (χ0n) is 14.1. The molecule has 3 aromatic rings. The first-order valence-corrected chi connectivity index (χ1v) is 9.48. The summed E-state index contributed by atoms with van der Waals surface area (Å²) in [4.78, 5) is 34.3. The van der Waals surface area contributed by atoms with Gasteiger partial charge in [-0.05, 0) is 42.3 Å². The number of aryl methyl sites for hydroxylation is 2. The van der Waals surface area contributed by atoms with Crippen molar-refractivity contribution in [1.29, 1.82) is 0 Å². The Morgan fingerprint density at radius 3 is 3.15 bits per heavy atom. The minimum atomic E-state index is -0.201. The van der Waals surface area contributed by atoms with Gasteiger partial charge in [0.1, 0.15) is 5.69 Å². The van der Waals surface area contributed by atoms with Gasteiger partial charge in [0.2, 0.25) is 17.6 Å². The molecule has 1 aliphatic rings. The average molecular weight is 370 g/mol. The molecule has 26 heavy (non-hydrogen) atoms. The molecule has 0 fully saturated rings. The molecule has 1 N–H and O–H groups in total. The van der Waals surface area contributed by atoms with Crippen molar-refractivity contribution in [2.75, 3.05) is 11.4 Å². The van der Waals surface area contributed by atoms with E-state index in [4.69, 9.17) is 4.52 Å². The number of nitrogens with one attached hydrogen (secondary N) is 1. The van der Waals surface area contributed by atoms with E-state index in [0.29, 0.717) is 43.2 Å². The van der Waals surface area contributed by atoms with Gasteiger partial charge in [-0.15, -0.1) is 11.3 Å². The van der Waals surface area contributed by atoms with Gasteiger partial charge in [0.15, 0.2) is 0 Å². The fourth-order valence-electron chi connectivity index (χ4n) is 3.19. The van der Waals surface area contributed by atoms with Crippen molar-refractivity contribution in [2.24, 2.45) is 0 Å². The summed E-state index contributed by atoms with van der Waals surface area (Å²) in [7, 11) is 0. The first-order chi connectivity index (χ1) is 12.7. The van der Waals surface area contributed by atoms with Gasteiger partial charge in [0, 0.05) is 25.6 Å². The van der Waals surface area contributed by atoms with Crippen LogP contribution in [0.4, 0.5) is 5.69 Å². The van der Waals surface area contributed by atoms with Crippen LogP contribution in [0.1, 0.15) is 30.7 Å². The fourth-order valence-corrected chi connectivity index (χ4v) is 3.83. The molecule has 0 spiro atoms. The average Bonchev–Trinajstić information content (AvgIpc) is 3.33. The number of amides is 1. The Hall–Kier alpha value is -2.74. The van der Waals surface area contributed by atoms with Crippen molar-refractivity contribution in [3.05, 3.63) is 51.6 Å². The maximum Gasteiger partial charge on any atom is 0.272 e. The summed E-state index contributed by atoms with van der Waals surface area (Å²) in [5.41, 5.74) is 1.24. The van der Waals surface area contributed by atoms with Gasteiger partial charge < -0.3 is 14.4 Å². The zero-order chi connectivity index (χ0) is 17.9. The van der Waals surface area contributed by atoms with Gasteiger partial charge in [-0.1, -0.05) is 11.2 Å². The van der Waals surface area contributed by atoms with Gasteiger partial charge in [-0.2, -0.15) is 4.98 Å². The van der Waals surface area contributed by atoms with Crippen molar-refractivity contribution in [2.45, 2.75) is 32.1 Å². The molecule has 1 amide bonds. The molecule has 134 valence electrons. The topological polar surface area (TPSA) is 92.1 Å². The number of anilines is 1. The van der Waals surface area contributed by atoms with E-state index in [1.54, 1.807) is 22.4 Å². The number of aromatic amines is 1. The first-order valence-electron chi connectivity index (χ1n) is 8.60. The molecule has 0 bridgehead atoms. The highest BCUT2D eigenvalue weighted by molar-refractivity contribution is 7.13. The van der Waals surface area contributed by atoms with Crippen molar-refractivity contribution in [1.82, 2.24) is 15.1 Å². The monoisotopic (exact) mass is 370 g/mol. The largest absolute Gasteiger partial charge is 0.339 e. The van der Waals surface area contributed by atoms with E-state index < -0.39 is 0 Å². The molecule has 4 rings (SSSR count). The van der Waals surface area contributed by atoms with Crippen LogP contribution in [0.15, 0.2) is 39.1 Å². The molecular formula is C18H18N4O3S. The Kier molecular flexibility index (Phi) is 4.66. The number of carbonyl (C=O) groups is 1. The number of pyridine rings is 1. The van der Waals surface area contributed by atoms with E-state index in [1.165, 1.54) is 0 Å². The summed E-state index contributed by atoms with van der Waals surface area (Å²) in [6, 6.07) is 5.75. The number of hydrogen-bond donors (Lipinski definition) is 1. The minimum Gasteiger partial charge on any atom is -0.339 e. The number of H-pyrrole nitrogens is 1. The molecule has 0 atom stereocenters. The third kappa shape index (κ3) is 3.32. The highest BCUT2D eigenvalue weighted by atomic mass is 32.1. The standard InChI is InChI=1S/C18H18N4O3S/c23-15(22-10-2-4-12-8-9-19-18(24)16(12)22)7-1-6-14-20-17(21-25-14)13-5-3-11-26-13/h3,5,8-9,11H,1-2,4,6-7,10H2,(H,19,24). The van der Waals surface area contributed by atoms with Crippen molar-refractivity contribution >= 4 is 22.9 Å². The van der Waals surface area contributed by atoms with E-state index in [-0.39, 0.29) is 11.5 Å². The maximum atomic E-state index is 12.6. The van der Waals surface area contributed by atoms with Gasteiger partial charge in [0.05, 0.1) is 4.88 Å². The number of fused-ring (bicyclic) bond motifs is 1. The molecular weight excluding hydrogens is 352 g/mol. The smallest absolute Gasteiger partial charge is 0.272 e. The Morgan fingerprint density at radius 2 is 2.31 bits per heavy atom. The van der Waals surface area contributed by atoms with E-state index >= 15 is 0 Å². The molecule has 0 saturated heterocycles. The van der Waals surface area contributed by atoms with Crippen LogP contribution >= 0.6 is 11.3 Å². The van der Waals surface area contributed by atoms with E-state index in [0.717, 1.165) is 23.3 Å². The lowest BCUT2D eigenvalue weighted by Crippen LogP contribution is -2.39. The second-order valence-corrected chi connectivity index (χ2v) is 7.12. The summed E-state index contributed by atoms with van der Waals surface area (Å²) < 4.78 is 5.26. The second kappa shape index (κ2) is 7.25. The molecule has 1 aliphatic heterocycles. The molecule has 0 aromatic carbocycles. The highest BCUT2D eigenvalue weighted by Gasteiger charge is 2.24. The van der Waals surface area contributed by atoms with Crippen LogP contribution in [0.5, 0.6) is 0 Å². The third-order valence-electron chi connectivity index (χ3n) is 4.41. The van der Waals surface area contributed by atoms with Crippen LogP contribution in [0, 0.1) is 0 Å². The lowest BCUT2D eigenvalue weighted by molar-refractivity contribution is -0.118. The molecule has 0 radical (unpaired) electrons. The maximum absolute atomic E-state index is 12.6. The Labute approximate surface area is 153 Å². The normalized spacial score (nSPS) is 13.6. The lowest BCUT2D eigenvalue weighted by Gasteiger charge is -2.28. The number of aromatic nitrogens is 3. The number of carbonyl (C=O) groups excluding carboxylic acids is 1. The number of hydrogen-bond acceptors (Lipinski definition) is 6. The van der Waals surface area contributed by atoms with Crippen molar-refractivity contribution in [3.8, 4) is 10.7 Å². The third-order valence-corrected chi connectivity index (χ3v) is 5.27. The van der Waals surface area contributed by atoms with Crippen molar-refractivity contribution in [3.63, 3.8) is 0 Å². The molecule has 3 aromatic heterocycles. The van der Waals surface area contributed by atoms with Crippen molar-refractivity contribution < 1.29 is 9.32 Å². The Balaban J connectivity index is 1.38. The van der Waals surface area contributed by atoms with Crippen LogP contribution < -0.4 is 10.5 Å². The number of thiophene rings is 1. The summed E-state index contributed by atoms with van der Waals surface area (Å²) in [5.74, 6) is 1.07. The molecule has 0 aliphatic carbocycles. The predicted octanol–water partition coefficient (Wildman–Crippen LogP) is 2.79. The number of rotatable bonds is 5. The zero-order valence-corrected chi connectivity index (χ0v) is 14.9. The number of nitrogens with zero attached hydrogens (tertiary/aromatic N) is 3. The fraction of sp³-hybridized carbons (Fsp3) is 0.333. The van der Waals surface area contributed by atoms with Crippen LogP contribution in [0.2, 0.25) is 0 Å². The quantitative estimate of drug-likeness (QED) is 0.745. The van der Waals surface area contributed by atoms with E-state index in [9.17, 15) is 9.59 Å². The van der Waals surface area contributed by atoms with Gasteiger partial charge in [-0.25, -0.2) is 0 Å². The Bertz CT molecular complexity index is 961. The van der Waals surface area contributed by atoms with Crippen LogP contribution in [0.3, 0.4) is 0 Å². The minimum absolute atomic E-state index is 0.0411. The molecule has 7 nitrogen and oxygen atoms in total. The van der Waals surface area contributed by atoms with Gasteiger partial charge in [-0.3, -0.25) is 9.59 Å². The van der Waals surface area contributed by atoms with E-state index in [1.807, 2.05) is 23.6 Å². The first kappa shape index (κ1) is 16.7. The summed E-state index contributed by atoms with van der Waals surface area (Å²) in [6.45, 7) is 0.585. The van der Waals surface area contributed by atoms with Crippen LogP contribution in [-0.2, 0) is 17.6 Å². The molecule has 0 saturated carbocycles. The molecule has 4 heterocycles. The summed E-state index contributed by atoms with van der Waals surface area (Å²) >= 11 is 1.55.